The lowest BCUT2D eigenvalue weighted by atomic mass is 10.1. The van der Waals surface area contributed by atoms with E-state index in [1.165, 1.54) is 0 Å². The van der Waals surface area contributed by atoms with Crippen LogP contribution in [0.3, 0.4) is 0 Å². The van der Waals surface area contributed by atoms with Crippen LogP contribution in [0.15, 0.2) is 65.1 Å². The number of nitrogens with zero attached hydrogens (tertiary/aromatic N) is 1. The fraction of sp³-hybridized carbons (Fsp3) is 0. The molecule has 0 unspecified atom stereocenters. The Hall–Kier alpha value is -2.36. The van der Waals surface area contributed by atoms with Crippen LogP contribution in [0.25, 0.3) is 42.7 Å². The van der Waals surface area contributed by atoms with Gasteiger partial charge in [0.05, 0.1) is 9.72 Å². The third-order valence-corrected chi connectivity index (χ3v) is 5.39. The summed E-state index contributed by atoms with van der Waals surface area (Å²) in [6.45, 7) is 0. The van der Waals surface area contributed by atoms with E-state index in [1.54, 1.807) is 11.3 Å². The maximum atomic E-state index is 6.45. The fourth-order valence-electron chi connectivity index (χ4n) is 2.94. The number of benzene rings is 3. The molecule has 0 spiro atoms. The Balaban J connectivity index is 1.94. The van der Waals surface area contributed by atoms with Crippen LogP contribution in [0.1, 0.15) is 0 Å². The zero-order valence-electron chi connectivity index (χ0n) is 11.9. The zero-order chi connectivity index (χ0) is 15.4. The number of thiazole rings is 1. The van der Waals surface area contributed by atoms with E-state index in [1.807, 2.05) is 42.5 Å². The Bertz CT molecular complexity index is 1170. The molecule has 4 heteroatoms. The Morgan fingerprint density at radius 1 is 0.913 bits per heavy atom. The van der Waals surface area contributed by atoms with Gasteiger partial charge in [0.1, 0.15) is 21.7 Å². The van der Waals surface area contributed by atoms with Crippen molar-refractivity contribution in [3.63, 3.8) is 0 Å². The van der Waals surface area contributed by atoms with Gasteiger partial charge >= 0.3 is 0 Å². The van der Waals surface area contributed by atoms with Gasteiger partial charge in [0, 0.05) is 22.4 Å². The number of halogens is 1. The average Bonchev–Trinajstić information content (AvgIpc) is 3.17. The second kappa shape index (κ2) is 4.82. The molecule has 110 valence electrons. The second-order valence-electron chi connectivity index (χ2n) is 5.39. The number of rotatable bonds is 1. The van der Waals surface area contributed by atoms with Crippen molar-refractivity contribution >= 4 is 55.1 Å². The van der Waals surface area contributed by atoms with Gasteiger partial charge in [-0.2, -0.15) is 0 Å². The normalized spacial score (nSPS) is 11.7. The number of para-hydroxylation sites is 1. The van der Waals surface area contributed by atoms with Crippen LogP contribution in [0, 0.1) is 0 Å². The van der Waals surface area contributed by atoms with E-state index < -0.39 is 0 Å². The summed E-state index contributed by atoms with van der Waals surface area (Å²) in [5, 5.41) is 3.80. The minimum Gasteiger partial charge on any atom is -0.456 e. The van der Waals surface area contributed by atoms with Crippen molar-refractivity contribution in [1.29, 1.82) is 0 Å². The van der Waals surface area contributed by atoms with Crippen LogP contribution in [-0.4, -0.2) is 4.98 Å². The lowest BCUT2D eigenvalue weighted by molar-refractivity contribution is 0.669. The van der Waals surface area contributed by atoms with Crippen molar-refractivity contribution < 1.29 is 4.42 Å². The summed E-state index contributed by atoms with van der Waals surface area (Å²) >= 11 is 8.11. The molecule has 23 heavy (non-hydrogen) atoms. The van der Waals surface area contributed by atoms with Crippen molar-refractivity contribution in [3.05, 3.63) is 65.7 Å². The molecule has 2 heterocycles. The highest BCUT2D eigenvalue weighted by molar-refractivity contribution is 7.22. The fourth-order valence-corrected chi connectivity index (χ4v) is 4.38. The maximum absolute atomic E-state index is 6.45. The predicted molar refractivity (Wildman–Crippen MR) is 97.3 cm³/mol. The molecular formula is C19H10ClNOS. The molecule has 0 saturated carbocycles. The monoisotopic (exact) mass is 335 g/mol. The standard InChI is InChI=1S/C19H10ClNOS/c20-13-10-15-16(12-8-4-5-9-14(12)22-15)18-17(13)21-19(23-18)11-6-2-1-3-7-11/h1-10H. The Morgan fingerprint density at radius 2 is 1.70 bits per heavy atom. The minimum atomic E-state index is 0.630. The van der Waals surface area contributed by atoms with Crippen molar-refractivity contribution in [1.82, 2.24) is 4.98 Å². The lowest BCUT2D eigenvalue weighted by Crippen LogP contribution is -1.75. The SMILES string of the molecule is Clc1cc2oc3ccccc3c2c2sc(-c3ccccc3)nc12. The van der Waals surface area contributed by atoms with Crippen LogP contribution >= 0.6 is 22.9 Å². The Kier molecular flexibility index (Phi) is 2.75. The third kappa shape index (κ3) is 1.90. The quantitative estimate of drug-likeness (QED) is 0.348. The number of aromatic nitrogens is 1. The van der Waals surface area contributed by atoms with Gasteiger partial charge in [-0.3, -0.25) is 0 Å². The van der Waals surface area contributed by atoms with Gasteiger partial charge in [0.25, 0.3) is 0 Å². The highest BCUT2D eigenvalue weighted by atomic mass is 35.5. The van der Waals surface area contributed by atoms with E-state index in [0.29, 0.717) is 5.02 Å². The van der Waals surface area contributed by atoms with Gasteiger partial charge in [-0.25, -0.2) is 4.98 Å². The molecule has 5 aromatic rings. The predicted octanol–water partition coefficient (Wildman–Crippen LogP) is 6.52. The molecule has 0 amide bonds. The highest BCUT2D eigenvalue weighted by Gasteiger charge is 2.17. The zero-order valence-corrected chi connectivity index (χ0v) is 13.5. The number of hydrogen-bond donors (Lipinski definition) is 0. The van der Waals surface area contributed by atoms with E-state index in [9.17, 15) is 0 Å². The van der Waals surface area contributed by atoms with Gasteiger partial charge < -0.3 is 4.42 Å². The van der Waals surface area contributed by atoms with Gasteiger partial charge in [0.2, 0.25) is 0 Å². The summed E-state index contributed by atoms with van der Waals surface area (Å²) in [5.74, 6) is 0. The van der Waals surface area contributed by atoms with Gasteiger partial charge in [-0.05, 0) is 6.07 Å². The summed E-state index contributed by atoms with van der Waals surface area (Å²) in [5.41, 5.74) is 3.63. The molecule has 0 aliphatic heterocycles. The van der Waals surface area contributed by atoms with Crippen molar-refractivity contribution in [2.24, 2.45) is 0 Å². The first-order valence-corrected chi connectivity index (χ1v) is 8.46. The van der Waals surface area contributed by atoms with Crippen LogP contribution < -0.4 is 0 Å². The highest BCUT2D eigenvalue weighted by Crippen LogP contribution is 2.42. The smallest absolute Gasteiger partial charge is 0.138 e. The molecule has 2 nitrogen and oxygen atoms in total. The third-order valence-electron chi connectivity index (χ3n) is 3.98. The van der Waals surface area contributed by atoms with Crippen LogP contribution in [-0.2, 0) is 0 Å². The topological polar surface area (TPSA) is 26.0 Å². The molecule has 0 bridgehead atoms. The lowest BCUT2D eigenvalue weighted by Gasteiger charge is -1.94. The van der Waals surface area contributed by atoms with E-state index in [-0.39, 0.29) is 0 Å². The van der Waals surface area contributed by atoms with Crippen molar-refractivity contribution in [2.75, 3.05) is 0 Å². The summed E-state index contributed by atoms with van der Waals surface area (Å²) < 4.78 is 7.03. The molecule has 0 fully saturated rings. The number of fused-ring (bicyclic) bond motifs is 5. The summed E-state index contributed by atoms with van der Waals surface area (Å²) in [6, 6.07) is 20.1. The summed E-state index contributed by atoms with van der Waals surface area (Å²) in [4.78, 5) is 4.76. The largest absolute Gasteiger partial charge is 0.456 e. The van der Waals surface area contributed by atoms with Crippen molar-refractivity contribution in [2.45, 2.75) is 0 Å². The number of furan rings is 1. The van der Waals surface area contributed by atoms with E-state index in [2.05, 4.69) is 18.2 Å². The first-order valence-electron chi connectivity index (χ1n) is 7.27. The maximum Gasteiger partial charge on any atom is 0.138 e. The second-order valence-corrected chi connectivity index (χ2v) is 6.80. The van der Waals surface area contributed by atoms with Gasteiger partial charge in [-0.15, -0.1) is 11.3 Å². The molecule has 0 radical (unpaired) electrons. The van der Waals surface area contributed by atoms with Crippen LogP contribution in [0.2, 0.25) is 5.02 Å². The first-order chi connectivity index (χ1) is 11.3. The molecule has 0 atom stereocenters. The average molecular weight is 336 g/mol. The minimum absolute atomic E-state index is 0.630. The van der Waals surface area contributed by atoms with Crippen molar-refractivity contribution in [3.8, 4) is 10.6 Å². The van der Waals surface area contributed by atoms with E-state index >= 15 is 0 Å². The molecule has 0 saturated heterocycles. The number of hydrogen-bond acceptors (Lipinski definition) is 3. The van der Waals surface area contributed by atoms with E-state index in [0.717, 1.165) is 42.7 Å². The molecule has 0 aliphatic carbocycles. The van der Waals surface area contributed by atoms with Gasteiger partial charge in [0.15, 0.2) is 0 Å². The van der Waals surface area contributed by atoms with Crippen LogP contribution in [0.5, 0.6) is 0 Å². The molecule has 0 aliphatic rings. The molecule has 2 aromatic heterocycles. The first kappa shape index (κ1) is 13.1. The summed E-state index contributed by atoms with van der Waals surface area (Å²) in [6.07, 6.45) is 0. The van der Waals surface area contributed by atoms with Gasteiger partial charge in [-0.1, -0.05) is 60.1 Å². The Labute approximate surface area is 140 Å². The van der Waals surface area contributed by atoms with Crippen LogP contribution in [0.4, 0.5) is 0 Å². The summed E-state index contributed by atoms with van der Waals surface area (Å²) in [7, 11) is 0. The Morgan fingerprint density at radius 3 is 2.57 bits per heavy atom. The molecule has 0 N–H and O–H groups in total. The molecule has 3 aromatic carbocycles. The molecule has 5 rings (SSSR count). The van der Waals surface area contributed by atoms with E-state index in [4.69, 9.17) is 21.0 Å². The molecular weight excluding hydrogens is 326 g/mol.